The van der Waals surface area contributed by atoms with Crippen LogP contribution >= 0.6 is 22.7 Å². The Morgan fingerprint density at radius 1 is 0.153 bits per heavy atom. The van der Waals surface area contributed by atoms with Crippen molar-refractivity contribution in [1.82, 2.24) is 39.0 Å². The van der Waals surface area contributed by atoms with E-state index in [9.17, 15) is 0 Å². The van der Waals surface area contributed by atoms with Crippen LogP contribution in [0.1, 0.15) is 0 Å². The maximum absolute atomic E-state index is 5.27. The first-order valence-corrected chi connectivity index (χ1v) is 43.3. The molecule has 0 fully saturated rings. The van der Waals surface area contributed by atoms with E-state index in [1.165, 1.54) is 129 Å². The highest BCUT2D eigenvalue weighted by Crippen LogP contribution is 2.50. The van der Waals surface area contributed by atoms with E-state index in [1.807, 2.05) is 71.2 Å². The predicted octanol–water partition coefficient (Wildman–Crippen LogP) is 30.7. The Balaban J connectivity index is 0.000000143. The number of rotatable bonds is 14. The summed E-state index contributed by atoms with van der Waals surface area (Å²) in [6, 6.07) is 155. The molecule has 0 spiro atoms. The van der Waals surface area contributed by atoms with Crippen LogP contribution in [0.2, 0.25) is 0 Å². The Labute approximate surface area is 723 Å². The summed E-state index contributed by atoms with van der Waals surface area (Å²) in [6.07, 6.45) is 0. The van der Waals surface area contributed by atoms with Gasteiger partial charge >= 0.3 is 0 Å². The van der Waals surface area contributed by atoms with Crippen LogP contribution in [-0.2, 0) is 0 Å². The minimum atomic E-state index is 0.617. The topological polar surface area (TPSA) is 87.2 Å². The van der Waals surface area contributed by atoms with Gasteiger partial charge in [0.2, 0.25) is 0 Å². The van der Waals surface area contributed by atoms with Crippen molar-refractivity contribution in [3.8, 4) is 146 Å². The highest BCUT2D eigenvalue weighted by molar-refractivity contribution is 7.27. The second kappa shape index (κ2) is 31.3. The van der Waals surface area contributed by atoms with Crippen LogP contribution in [0.5, 0.6) is 0 Å². The van der Waals surface area contributed by atoms with E-state index in [4.69, 9.17) is 29.9 Å². The number of benzene rings is 18. The third-order valence-corrected chi connectivity index (χ3v) is 26.3. The van der Waals surface area contributed by atoms with Crippen molar-refractivity contribution in [3.05, 3.63) is 437 Å². The van der Waals surface area contributed by atoms with Crippen LogP contribution in [0.15, 0.2) is 437 Å². The molecule has 6 aromatic heterocycles. The summed E-state index contributed by atoms with van der Waals surface area (Å²) in [5, 5.41) is 9.83. The van der Waals surface area contributed by atoms with Gasteiger partial charge in [0.15, 0.2) is 34.9 Å². The van der Waals surface area contributed by atoms with Crippen LogP contribution in [-0.4, -0.2) is 39.0 Å². The number of nitrogens with zero attached hydrogens (tertiary/aromatic N) is 8. The zero-order valence-electron chi connectivity index (χ0n) is 67.0. The summed E-state index contributed by atoms with van der Waals surface area (Å²) in [5.74, 6) is 3.75. The second-order valence-electron chi connectivity index (χ2n) is 31.1. The van der Waals surface area contributed by atoms with Gasteiger partial charge in [-0.05, 0) is 109 Å². The molecule has 0 atom stereocenters. The average Bonchev–Trinajstić information content (AvgIpc) is 1.56. The highest BCUT2D eigenvalue weighted by Gasteiger charge is 2.27. The van der Waals surface area contributed by atoms with Crippen molar-refractivity contribution in [1.29, 1.82) is 0 Å². The van der Waals surface area contributed by atoms with Crippen LogP contribution < -0.4 is 0 Å². The number of thiophene rings is 2. The van der Waals surface area contributed by atoms with Gasteiger partial charge in [-0.1, -0.05) is 394 Å². The van der Waals surface area contributed by atoms with Crippen LogP contribution in [0.25, 0.3) is 230 Å². The van der Waals surface area contributed by atoms with Crippen molar-refractivity contribution in [3.63, 3.8) is 0 Å². The maximum atomic E-state index is 5.27. The fourth-order valence-electron chi connectivity index (χ4n) is 17.8. The summed E-state index contributed by atoms with van der Waals surface area (Å²) in [6.45, 7) is 0. The summed E-state index contributed by atoms with van der Waals surface area (Å²) >= 11 is 3.75. The largest absolute Gasteiger partial charge is 0.307 e. The number of fused-ring (bicyclic) bond motifs is 14. The van der Waals surface area contributed by atoms with E-state index in [2.05, 4.69) is 397 Å². The maximum Gasteiger partial charge on any atom is 0.166 e. The molecular formula is C114H72N8S2. The van der Waals surface area contributed by atoms with Gasteiger partial charge in [0.05, 0.1) is 42.8 Å². The van der Waals surface area contributed by atoms with Crippen LogP contribution in [0, 0.1) is 0 Å². The fourth-order valence-corrected chi connectivity index (χ4v) is 20.6. The van der Waals surface area contributed by atoms with E-state index in [0.717, 1.165) is 66.9 Å². The van der Waals surface area contributed by atoms with Crippen LogP contribution in [0.3, 0.4) is 0 Å². The third kappa shape index (κ3) is 13.2. The van der Waals surface area contributed by atoms with E-state index < -0.39 is 0 Å². The van der Waals surface area contributed by atoms with Crippen molar-refractivity contribution in [2.24, 2.45) is 0 Å². The second-order valence-corrected chi connectivity index (χ2v) is 33.1. The normalized spacial score (nSPS) is 11.5. The molecule has 0 saturated heterocycles. The third-order valence-electron chi connectivity index (χ3n) is 23.8. The lowest BCUT2D eigenvalue weighted by Gasteiger charge is -2.15. The van der Waals surface area contributed by atoms with E-state index in [0.29, 0.717) is 34.9 Å². The standard InChI is InChI=1S/2C57H36N4S/c1-4-16-37(17-5-1)39-30-32-41(33-31-39)56-58-55(40-20-8-3-9-21-40)59-57(60-56)49-25-11-13-29-51(49)61-50-28-12-10-24-45(50)46-34-35-48-47-27-15-26-44(53(47)62-54(48)52(46)61)43-23-14-22-42(36-43)38-18-6-2-7-19-38;1-4-15-37(16-5-1)39-27-31-41(32-28-39)44-23-14-24-47-48-36-35-46-45-21-10-12-25-50(45)61(52(46)54(48)62-53(44)47)51-26-13-11-22-49(51)57-59-55(42-19-8-3-9-20-42)58-56(60-57)43-33-29-40(30-34-43)38-17-6-2-7-18-38/h2*1-36H. The predicted molar refractivity (Wildman–Crippen MR) is 519 cm³/mol. The van der Waals surface area contributed by atoms with Gasteiger partial charge in [-0.25, -0.2) is 29.9 Å². The zero-order valence-corrected chi connectivity index (χ0v) is 68.6. The zero-order chi connectivity index (χ0) is 82.0. The SMILES string of the molecule is c1ccc(-c2ccc(-c3nc(-c4ccccc4)nc(-c4ccccc4-n4c5ccccc5c5ccc6c7cccc(-c8ccc(-c9ccccc9)cc8)c7sc6c54)n3)cc2)cc1.c1ccc(-c2ccc(-c3nc(-c4ccccc4)nc(-c4ccccc4-n4c5ccccc5c5ccc6c7cccc(-c8cccc(-c9ccccc9)c8)c7sc6c54)n3)cc2)cc1. The summed E-state index contributed by atoms with van der Waals surface area (Å²) in [5.41, 5.74) is 26.6. The van der Waals surface area contributed by atoms with Crippen molar-refractivity contribution < 1.29 is 0 Å². The van der Waals surface area contributed by atoms with Gasteiger partial charge in [-0.3, -0.25) is 0 Å². The molecule has 18 aromatic carbocycles. The van der Waals surface area contributed by atoms with Crippen LogP contribution in [0.4, 0.5) is 0 Å². The van der Waals surface area contributed by atoms with E-state index in [-0.39, 0.29) is 0 Å². The first-order chi connectivity index (χ1) is 61.5. The molecule has 124 heavy (non-hydrogen) atoms. The van der Waals surface area contributed by atoms with Gasteiger partial charge in [-0.15, -0.1) is 22.7 Å². The van der Waals surface area contributed by atoms with Gasteiger partial charge < -0.3 is 9.13 Å². The lowest BCUT2D eigenvalue weighted by Crippen LogP contribution is -2.03. The Hall–Kier alpha value is -16.0. The molecule has 0 N–H and O–H groups in total. The highest BCUT2D eigenvalue weighted by atomic mass is 32.1. The molecule has 0 bridgehead atoms. The Bertz CT molecular complexity index is 8170. The molecule has 10 heteroatoms. The molecule has 6 heterocycles. The summed E-state index contributed by atoms with van der Waals surface area (Å²) in [7, 11) is 0. The Morgan fingerprint density at radius 3 is 0.806 bits per heavy atom. The minimum absolute atomic E-state index is 0.617. The van der Waals surface area contributed by atoms with E-state index >= 15 is 0 Å². The molecule has 0 aliphatic carbocycles. The van der Waals surface area contributed by atoms with Crippen molar-refractivity contribution in [2.75, 3.05) is 0 Å². The average molecular weight is 1620 g/mol. The molecule has 24 aromatic rings. The van der Waals surface area contributed by atoms with E-state index in [1.54, 1.807) is 0 Å². The molecule has 0 amide bonds. The van der Waals surface area contributed by atoms with Gasteiger partial charge in [0.1, 0.15) is 0 Å². The van der Waals surface area contributed by atoms with Gasteiger partial charge in [0, 0.05) is 85.9 Å². The molecule has 8 nitrogen and oxygen atoms in total. The molecule has 24 rings (SSSR count). The van der Waals surface area contributed by atoms with Crippen molar-refractivity contribution >= 4 is 107 Å². The van der Waals surface area contributed by atoms with Gasteiger partial charge in [0.25, 0.3) is 0 Å². The lowest BCUT2D eigenvalue weighted by molar-refractivity contribution is 1.06. The van der Waals surface area contributed by atoms with Crippen molar-refractivity contribution in [2.45, 2.75) is 0 Å². The molecule has 0 saturated carbocycles. The molecular weight excluding hydrogens is 1550 g/mol. The minimum Gasteiger partial charge on any atom is -0.307 e. The monoisotopic (exact) mass is 1620 g/mol. The Kier molecular flexibility index (Phi) is 18.5. The number of para-hydroxylation sites is 4. The molecule has 580 valence electrons. The molecule has 0 unspecified atom stereocenters. The summed E-state index contributed by atoms with van der Waals surface area (Å²) in [4.78, 5) is 31.2. The number of hydrogen-bond acceptors (Lipinski definition) is 8. The molecule has 0 radical (unpaired) electrons. The summed E-state index contributed by atoms with van der Waals surface area (Å²) < 4.78 is 9.92. The first-order valence-electron chi connectivity index (χ1n) is 41.7. The smallest absolute Gasteiger partial charge is 0.166 e. The number of hydrogen-bond donors (Lipinski definition) is 0. The quantitative estimate of drug-likeness (QED) is 0.108. The Morgan fingerprint density at radius 2 is 0.403 bits per heavy atom. The first kappa shape index (κ1) is 73.2. The van der Waals surface area contributed by atoms with Gasteiger partial charge in [-0.2, -0.15) is 0 Å². The fraction of sp³-hybridized carbons (Fsp3) is 0. The molecule has 0 aliphatic rings. The molecule has 0 aliphatic heterocycles. The number of aromatic nitrogens is 8. The lowest BCUT2D eigenvalue weighted by atomic mass is 9.98.